The molecule has 1 heterocycles. The van der Waals surface area contributed by atoms with Gasteiger partial charge in [-0.25, -0.2) is 0 Å². The van der Waals surface area contributed by atoms with E-state index in [4.69, 9.17) is 5.26 Å². The smallest absolute Gasteiger partial charge is 0.254 e. The van der Waals surface area contributed by atoms with Gasteiger partial charge in [0, 0.05) is 37.3 Å². The van der Waals surface area contributed by atoms with E-state index in [2.05, 4.69) is 12.6 Å². The van der Waals surface area contributed by atoms with Gasteiger partial charge in [-0.3, -0.25) is 9.59 Å². The standard InChI is InChI=1S/C22H21N3O2/c1-3-17-5-8-18(9-6-17)21(26)24-10-12-25(13-11-24)22(27)19-7-4-16(2)20(14-19)15-23/h3-9,14H,1,10-13H2,2H3. The maximum absolute atomic E-state index is 12.7. The van der Waals surface area contributed by atoms with Crippen LogP contribution in [-0.2, 0) is 0 Å². The lowest BCUT2D eigenvalue weighted by Gasteiger charge is -2.35. The van der Waals surface area contributed by atoms with Crippen molar-refractivity contribution in [1.82, 2.24) is 9.80 Å². The fourth-order valence-corrected chi connectivity index (χ4v) is 3.12. The summed E-state index contributed by atoms with van der Waals surface area (Å²) >= 11 is 0. The Labute approximate surface area is 159 Å². The Kier molecular flexibility index (Phi) is 5.37. The van der Waals surface area contributed by atoms with Crippen LogP contribution in [0.2, 0.25) is 0 Å². The predicted molar refractivity (Wildman–Crippen MR) is 104 cm³/mol. The number of aryl methyl sites for hydroxylation is 1. The average molecular weight is 359 g/mol. The molecule has 2 aromatic rings. The van der Waals surface area contributed by atoms with E-state index in [0.29, 0.717) is 42.9 Å². The van der Waals surface area contributed by atoms with Gasteiger partial charge in [0.05, 0.1) is 11.6 Å². The number of hydrogen-bond donors (Lipinski definition) is 0. The zero-order valence-electron chi connectivity index (χ0n) is 15.3. The summed E-state index contributed by atoms with van der Waals surface area (Å²) in [6.07, 6.45) is 1.74. The van der Waals surface area contributed by atoms with Gasteiger partial charge >= 0.3 is 0 Å². The van der Waals surface area contributed by atoms with Gasteiger partial charge < -0.3 is 9.80 Å². The second-order valence-corrected chi connectivity index (χ2v) is 6.55. The van der Waals surface area contributed by atoms with Gasteiger partial charge in [-0.05, 0) is 42.3 Å². The maximum atomic E-state index is 12.7. The highest BCUT2D eigenvalue weighted by Crippen LogP contribution is 2.15. The minimum atomic E-state index is -0.103. The maximum Gasteiger partial charge on any atom is 0.254 e. The van der Waals surface area contributed by atoms with Gasteiger partial charge in [-0.2, -0.15) is 5.26 Å². The fraction of sp³-hybridized carbons (Fsp3) is 0.227. The van der Waals surface area contributed by atoms with Crippen molar-refractivity contribution in [3.05, 3.63) is 76.9 Å². The van der Waals surface area contributed by atoms with Gasteiger partial charge in [0.25, 0.3) is 11.8 Å². The Balaban J connectivity index is 1.64. The molecule has 0 aliphatic carbocycles. The summed E-state index contributed by atoms with van der Waals surface area (Å²) in [5.74, 6) is -0.131. The second kappa shape index (κ2) is 7.88. The summed E-state index contributed by atoms with van der Waals surface area (Å²) in [6.45, 7) is 7.49. The molecule has 2 amide bonds. The summed E-state index contributed by atoms with van der Waals surface area (Å²) in [6, 6.07) is 14.6. The van der Waals surface area contributed by atoms with E-state index in [0.717, 1.165) is 11.1 Å². The van der Waals surface area contributed by atoms with Gasteiger partial charge in [0.2, 0.25) is 0 Å². The lowest BCUT2D eigenvalue weighted by atomic mass is 10.0. The average Bonchev–Trinajstić information content (AvgIpc) is 2.73. The van der Waals surface area contributed by atoms with E-state index < -0.39 is 0 Å². The summed E-state index contributed by atoms with van der Waals surface area (Å²) in [5, 5.41) is 9.15. The molecule has 0 N–H and O–H groups in total. The minimum Gasteiger partial charge on any atom is -0.335 e. The zero-order chi connectivity index (χ0) is 19.4. The molecule has 136 valence electrons. The molecule has 5 heteroatoms. The number of carbonyl (C=O) groups is 2. The highest BCUT2D eigenvalue weighted by atomic mass is 16.2. The molecule has 0 radical (unpaired) electrons. The Morgan fingerprint density at radius 1 is 0.963 bits per heavy atom. The highest BCUT2D eigenvalue weighted by Gasteiger charge is 2.25. The van der Waals surface area contributed by atoms with E-state index in [1.165, 1.54) is 0 Å². The van der Waals surface area contributed by atoms with Crippen LogP contribution in [0.4, 0.5) is 0 Å². The fourth-order valence-electron chi connectivity index (χ4n) is 3.12. The van der Waals surface area contributed by atoms with Crippen LogP contribution in [0.25, 0.3) is 6.08 Å². The molecule has 1 saturated heterocycles. The highest BCUT2D eigenvalue weighted by molar-refractivity contribution is 5.96. The second-order valence-electron chi connectivity index (χ2n) is 6.55. The molecular weight excluding hydrogens is 338 g/mol. The van der Waals surface area contributed by atoms with Gasteiger partial charge in [0.15, 0.2) is 0 Å². The monoisotopic (exact) mass is 359 g/mol. The number of nitrogens with zero attached hydrogens (tertiary/aromatic N) is 3. The third kappa shape index (κ3) is 3.90. The number of piperazine rings is 1. The molecule has 1 aliphatic rings. The molecule has 0 spiro atoms. The van der Waals surface area contributed by atoms with Crippen molar-refractivity contribution in [2.45, 2.75) is 6.92 Å². The quantitative estimate of drug-likeness (QED) is 0.846. The Morgan fingerprint density at radius 2 is 1.48 bits per heavy atom. The molecule has 1 fully saturated rings. The number of benzene rings is 2. The Bertz CT molecular complexity index is 918. The predicted octanol–water partition coefficient (Wildman–Crippen LogP) is 3.11. The first-order valence-electron chi connectivity index (χ1n) is 8.85. The first kappa shape index (κ1) is 18.4. The van der Waals surface area contributed by atoms with Crippen molar-refractivity contribution < 1.29 is 9.59 Å². The van der Waals surface area contributed by atoms with E-state index in [1.54, 1.807) is 46.2 Å². The van der Waals surface area contributed by atoms with Crippen LogP contribution in [0.1, 0.15) is 37.4 Å². The molecule has 2 aromatic carbocycles. The largest absolute Gasteiger partial charge is 0.335 e. The van der Waals surface area contributed by atoms with Crippen molar-refractivity contribution in [2.24, 2.45) is 0 Å². The lowest BCUT2D eigenvalue weighted by Crippen LogP contribution is -2.50. The van der Waals surface area contributed by atoms with Crippen LogP contribution in [0.3, 0.4) is 0 Å². The Hall–Kier alpha value is -3.39. The summed E-state index contributed by atoms with van der Waals surface area (Å²) in [5.41, 5.74) is 3.48. The van der Waals surface area contributed by atoms with E-state index >= 15 is 0 Å². The van der Waals surface area contributed by atoms with E-state index in [-0.39, 0.29) is 11.8 Å². The first-order valence-corrected chi connectivity index (χ1v) is 8.85. The number of hydrogen-bond acceptors (Lipinski definition) is 3. The van der Waals surface area contributed by atoms with Gasteiger partial charge in [-0.15, -0.1) is 0 Å². The zero-order valence-corrected chi connectivity index (χ0v) is 15.3. The van der Waals surface area contributed by atoms with Gasteiger partial charge in [0.1, 0.15) is 0 Å². The molecule has 27 heavy (non-hydrogen) atoms. The van der Waals surface area contributed by atoms with Crippen molar-refractivity contribution in [3.8, 4) is 6.07 Å². The van der Waals surface area contributed by atoms with Crippen LogP contribution < -0.4 is 0 Å². The van der Waals surface area contributed by atoms with Crippen molar-refractivity contribution in [1.29, 1.82) is 5.26 Å². The third-order valence-electron chi connectivity index (χ3n) is 4.85. The molecule has 0 saturated carbocycles. The molecule has 3 rings (SSSR count). The minimum absolute atomic E-state index is 0.0280. The van der Waals surface area contributed by atoms with Crippen LogP contribution in [0.15, 0.2) is 49.0 Å². The van der Waals surface area contributed by atoms with Crippen molar-refractivity contribution in [2.75, 3.05) is 26.2 Å². The number of nitriles is 1. The topological polar surface area (TPSA) is 64.4 Å². The van der Waals surface area contributed by atoms with E-state index in [1.807, 2.05) is 19.1 Å². The molecule has 0 bridgehead atoms. The number of rotatable bonds is 3. The summed E-state index contributed by atoms with van der Waals surface area (Å²) in [7, 11) is 0. The van der Waals surface area contributed by atoms with Crippen LogP contribution >= 0.6 is 0 Å². The molecule has 1 aliphatic heterocycles. The van der Waals surface area contributed by atoms with Crippen LogP contribution in [0.5, 0.6) is 0 Å². The SMILES string of the molecule is C=Cc1ccc(C(=O)N2CCN(C(=O)c3ccc(C)c(C#N)c3)CC2)cc1. The molecule has 0 aromatic heterocycles. The first-order chi connectivity index (χ1) is 13.0. The number of amides is 2. The number of carbonyl (C=O) groups excluding carboxylic acids is 2. The summed E-state index contributed by atoms with van der Waals surface area (Å²) in [4.78, 5) is 28.8. The molecule has 5 nitrogen and oxygen atoms in total. The lowest BCUT2D eigenvalue weighted by molar-refractivity contribution is 0.0535. The molecule has 0 unspecified atom stereocenters. The summed E-state index contributed by atoms with van der Waals surface area (Å²) < 4.78 is 0. The molecular formula is C22H21N3O2. The van der Waals surface area contributed by atoms with Crippen molar-refractivity contribution >= 4 is 17.9 Å². The third-order valence-corrected chi connectivity index (χ3v) is 4.85. The van der Waals surface area contributed by atoms with Crippen molar-refractivity contribution in [3.63, 3.8) is 0 Å². The normalized spacial score (nSPS) is 13.8. The van der Waals surface area contributed by atoms with Crippen LogP contribution in [0, 0.1) is 18.3 Å². The molecule has 0 atom stereocenters. The van der Waals surface area contributed by atoms with Gasteiger partial charge in [-0.1, -0.05) is 30.9 Å². The Morgan fingerprint density at radius 3 is 2.00 bits per heavy atom. The van der Waals surface area contributed by atoms with Crippen LogP contribution in [-0.4, -0.2) is 47.8 Å². The van der Waals surface area contributed by atoms with E-state index in [9.17, 15) is 9.59 Å².